The van der Waals surface area contributed by atoms with Gasteiger partial charge in [-0.1, -0.05) is 29.5 Å². The minimum Gasteiger partial charge on any atom is -0.453 e. The van der Waals surface area contributed by atoms with Crippen molar-refractivity contribution in [2.75, 3.05) is 19.0 Å². The molecule has 0 unspecified atom stereocenters. The third-order valence-corrected chi connectivity index (χ3v) is 5.80. The maximum absolute atomic E-state index is 12.9. The number of nitrogens with zero attached hydrogens (tertiary/aromatic N) is 3. The number of aryl methyl sites for hydroxylation is 1. The molecule has 0 atom stereocenters. The number of fused-ring (bicyclic) bond motifs is 2. The van der Waals surface area contributed by atoms with Gasteiger partial charge in [-0.15, -0.1) is 0 Å². The van der Waals surface area contributed by atoms with Crippen LogP contribution in [0.5, 0.6) is 0 Å². The molecule has 2 amide bonds. The van der Waals surface area contributed by atoms with Gasteiger partial charge in [-0.25, -0.2) is 9.78 Å². The van der Waals surface area contributed by atoms with E-state index >= 15 is 0 Å². The smallest absolute Gasteiger partial charge is 0.413 e. The Morgan fingerprint density at radius 2 is 2.15 bits per heavy atom. The van der Waals surface area contributed by atoms with Crippen LogP contribution in [0.2, 0.25) is 0 Å². The molecule has 0 aliphatic carbocycles. The molecule has 1 aliphatic rings. The first-order chi connectivity index (χ1) is 13.0. The number of hydrogen-bond donors (Lipinski definition) is 1. The number of hydrogen-bond acceptors (Lipinski definition) is 5. The molecule has 2 aromatic heterocycles. The van der Waals surface area contributed by atoms with Crippen molar-refractivity contribution in [1.82, 2.24) is 14.5 Å². The van der Waals surface area contributed by atoms with E-state index in [1.807, 2.05) is 30.3 Å². The van der Waals surface area contributed by atoms with Crippen molar-refractivity contribution >= 4 is 39.4 Å². The van der Waals surface area contributed by atoms with Crippen molar-refractivity contribution in [1.29, 1.82) is 0 Å². The molecule has 0 spiro atoms. The van der Waals surface area contributed by atoms with Crippen molar-refractivity contribution in [2.45, 2.75) is 19.4 Å². The topological polar surface area (TPSA) is 76.5 Å². The molecule has 27 heavy (non-hydrogen) atoms. The Kier molecular flexibility index (Phi) is 4.57. The van der Waals surface area contributed by atoms with Crippen molar-refractivity contribution < 1.29 is 14.3 Å². The molecule has 0 radical (unpaired) electrons. The Bertz CT molecular complexity index is 1020. The molecule has 1 N–H and O–H groups in total. The summed E-state index contributed by atoms with van der Waals surface area (Å²) in [4.78, 5) is 31.5. The van der Waals surface area contributed by atoms with Gasteiger partial charge >= 0.3 is 6.09 Å². The number of thiazole rings is 1. The number of ether oxygens (including phenoxy) is 1. The fourth-order valence-electron chi connectivity index (χ4n) is 3.44. The number of amides is 2. The highest BCUT2D eigenvalue weighted by Gasteiger charge is 2.25. The van der Waals surface area contributed by atoms with Crippen molar-refractivity contribution in [2.24, 2.45) is 7.05 Å². The van der Waals surface area contributed by atoms with E-state index in [4.69, 9.17) is 0 Å². The van der Waals surface area contributed by atoms with E-state index < -0.39 is 6.09 Å². The van der Waals surface area contributed by atoms with Crippen molar-refractivity contribution in [3.8, 4) is 0 Å². The average Bonchev–Trinajstić information content (AvgIpc) is 3.21. The second-order valence-corrected chi connectivity index (χ2v) is 7.61. The number of rotatable bonds is 3. The van der Waals surface area contributed by atoms with E-state index in [1.54, 1.807) is 0 Å². The van der Waals surface area contributed by atoms with Crippen LogP contribution in [0.4, 0.5) is 9.93 Å². The van der Waals surface area contributed by atoms with Gasteiger partial charge in [0.15, 0.2) is 5.13 Å². The second-order valence-electron chi connectivity index (χ2n) is 6.53. The van der Waals surface area contributed by atoms with Crippen LogP contribution in [0.15, 0.2) is 30.5 Å². The van der Waals surface area contributed by atoms with Crippen LogP contribution in [0.25, 0.3) is 10.9 Å². The van der Waals surface area contributed by atoms with E-state index in [2.05, 4.69) is 31.7 Å². The molecule has 3 aromatic rings. The Morgan fingerprint density at radius 1 is 1.33 bits per heavy atom. The highest BCUT2D eigenvalue weighted by molar-refractivity contribution is 7.15. The second kappa shape index (κ2) is 7.03. The fourth-order valence-corrected chi connectivity index (χ4v) is 4.45. The molecule has 1 aromatic carbocycles. The summed E-state index contributed by atoms with van der Waals surface area (Å²) in [6.07, 6.45) is 2.56. The van der Waals surface area contributed by atoms with Gasteiger partial charge in [-0.3, -0.25) is 10.1 Å². The summed E-state index contributed by atoms with van der Waals surface area (Å²) in [6.45, 7) is 1.16. The van der Waals surface area contributed by atoms with Crippen LogP contribution in [0, 0.1) is 0 Å². The molecule has 7 nitrogen and oxygen atoms in total. The van der Waals surface area contributed by atoms with Gasteiger partial charge < -0.3 is 14.2 Å². The molecule has 3 heterocycles. The molecule has 0 saturated carbocycles. The predicted molar refractivity (Wildman–Crippen MR) is 104 cm³/mol. The number of benzene rings is 1. The Labute approximate surface area is 160 Å². The lowest BCUT2D eigenvalue weighted by Crippen LogP contribution is -2.36. The van der Waals surface area contributed by atoms with Crippen LogP contribution in [0.3, 0.4) is 0 Å². The Balaban J connectivity index is 1.48. The van der Waals surface area contributed by atoms with Crippen LogP contribution in [0.1, 0.15) is 16.1 Å². The first-order valence-electron chi connectivity index (χ1n) is 8.69. The number of carbonyl (C=O) groups is 2. The van der Waals surface area contributed by atoms with Gasteiger partial charge in [0, 0.05) is 42.0 Å². The lowest BCUT2D eigenvalue weighted by molar-refractivity contribution is -0.131. The zero-order valence-corrected chi connectivity index (χ0v) is 16.0. The molecular formula is C19H20N4O3S. The standard InChI is InChI=1S/C19H20N4O3S/c1-22-10-12(13-5-3-4-6-15(13)22)9-17(24)23-8-7-14-16(11-23)27-18(20-14)21-19(25)26-2/h3-6,10H,7-9,11H2,1-2H3,(H,20,21,25). The van der Waals surface area contributed by atoms with E-state index in [-0.39, 0.29) is 5.91 Å². The Hall–Kier alpha value is -2.87. The van der Waals surface area contributed by atoms with Crippen molar-refractivity contribution in [3.05, 3.63) is 46.6 Å². The van der Waals surface area contributed by atoms with Gasteiger partial charge in [-0.2, -0.15) is 0 Å². The number of anilines is 1. The highest BCUT2D eigenvalue weighted by Crippen LogP contribution is 2.29. The predicted octanol–water partition coefficient (Wildman–Crippen LogP) is 2.94. The number of methoxy groups -OCH3 is 1. The van der Waals surface area contributed by atoms with E-state index in [9.17, 15) is 9.59 Å². The largest absolute Gasteiger partial charge is 0.453 e. The quantitative estimate of drug-likeness (QED) is 0.753. The summed E-state index contributed by atoms with van der Waals surface area (Å²) in [7, 11) is 3.31. The Morgan fingerprint density at radius 3 is 2.96 bits per heavy atom. The van der Waals surface area contributed by atoms with Crippen LogP contribution >= 0.6 is 11.3 Å². The molecule has 0 saturated heterocycles. The lowest BCUT2D eigenvalue weighted by Gasteiger charge is -2.26. The third kappa shape index (κ3) is 3.40. The summed E-state index contributed by atoms with van der Waals surface area (Å²) >= 11 is 1.39. The normalized spacial score (nSPS) is 13.5. The monoisotopic (exact) mass is 384 g/mol. The van der Waals surface area contributed by atoms with Gasteiger partial charge in [0.2, 0.25) is 5.91 Å². The van der Waals surface area contributed by atoms with E-state index in [0.29, 0.717) is 31.1 Å². The van der Waals surface area contributed by atoms with Gasteiger partial charge in [0.25, 0.3) is 0 Å². The number of aromatic nitrogens is 2. The molecule has 4 rings (SSSR count). The summed E-state index contributed by atoms with van der Waals surface area (Å²) in [5.74, 6) is 0.105. The SMILES string of the molecule is COC(=O)Nc1nc2c(s1)CN(C(=O)Cc1cn(C)c3ccccc13)CC2. The zero-order chi connectivity index (χ0) is 19.0. The minimum atomic E-state index is -0.537. The summed E-state index contributed by atoms with van der Waals surface area (Å²) in [5, 5.41) is 4.22. The van der Waals surface area contributed by atoms with Gasteiger partial charge in [0.1, 0.15) is 0 Å². The van der Waals surface area contributed by atoms with E-state index in [1.165, 1.54) is 18.4 Å². The van der Waals surface area contributed by atoms with Gasteiger partial charge in [-0.05, 0) is 11.6 Å². The van der Waals surface area contributed by atoms with Crippen molar-refractivity contribution in [3.63, 3.8) is 0 Å². The summed E-state index contributed by atoms with van der Waals surface area (Å²) < 4.78 is 6.65. The maximum atomic E-state index is 12.9. The fraction of sp³-hybridized carbons (Fsp3) is 0.316. The zero-order valence-electron chi connectivity index (χ0n) is 15.2. The number of nitrogens with one attached hydrogen (secondary N) is 1. The molecule has 140 valence electrons. The number of para-hydroxylation sites is 1. The third-order valence-electron chi connectivity index (χ3n) is 4.80. The van der Waals surface area contributed by atoms with Gasteiger partial charge in [0.05, 0.1) is 25.8 Å². The molecular weight excluding hydrogens is 364 g/mol. The average molecular weight is 384 g/mol. The first-order valence-corrected chi connectivity index (χ1v) is 9.51. The van der Waals surface area contributed by atoms with E-state index in [0.717, 1.165) is 27.0 Å². The molecule has 0 fully saturated rings. The summed E-state index contributed by atoms with van der Waals surface area (Å²) in [6, 6.07) is 8.12. The molecule has 0 bridgehead atoms. The van der Waals surface area contributed by atoms with Crippen LogP contribution in [-0.2, 0) is 36.0 Å². The first kappa shape index (κ1) is 17.5. The maximum Gasteiger partial charge on any atom is 0.413 e. The van der Waals surface area contributed by atoms with Crippen LogP contribution < -0.4 is 5.32 Å². The lowest BCUT2D eigenvalue weighted by atomic mass is 10.1. The summed E-state index contributed by atoms with van der Waals surface area (Å²) in [5.41, 5.74) is 3.11. The molecule has 8 heteroatoms. The number of carbonyl (C=O) groups excluding carboxylic acids is 2. The highest BCUT2D eigenvalue weighted by atomic mass is 32.1. The minimum absolute atomic E-state index is 0.105. The molecule has 1 aliphatic heterocycles. The van der Waals surface area contributed by atoms with Crippen LogP contribution in [-0.4, -0.2) is 40.1 Å².